The minimum Gasteiger partial charge on any atom is -0.324 e. The highest BCUT2D eigenvalue weighted by atomic mass is 16.6. The summed E-state index contributed by atoms with van der Waals surface area (Å²) in [6, 6.07) is 8.96. The summed E-state index contributed by atoms with van der Waals surface area (Å²) < 4.78 is 1.31. The zero-order chi connectivity index (χ0) is 17.0. The van der Waals surface area contributed by atoms with Gasteiger partial charge in [-0.15, -0.1) is 0 Å². The third-order valence-corrected chi connectivity index (χ3v) is 3.34. The standard InChI is InChI=1S/C15H15N5O3/c1-10-15(20(22)23)11(2)19(18-10)9-14(21)17-13-5-3-12(4-6-13)7-8-16/h3-6H,7,9H2,1-2H3,(H,17,21). The highest BCUT2D eigenvalue weighted by molar-refractivity contribution is 5.90. The van der Waals surface area contributed by atoms with Crippen molar-refractivity contribution in [3.63, 3.8) is 0 Å². The minimum atomic E-state index is -0.500. The lowest BCUT2D eigenvalue weighted by atomic mass is 10.1. The molecule has 118 valence electrons. The van der Waals surface area contributed by atoms with Gasteiger partial charge in [0.05, 0.1) is 17.4 Å². The van der Waals surface area contributed by atoms with E-state index in [0.717, 1.165) is 5.56 Å². The van der Waals surface area contributed by atoms with Gasteiger partial charge < -0.3 is 5.32 Å². The van der Waals surface area contributed by atoms with Crippen LogP contribution in [0.3, 0.4) is 0 Å². The number of carbonyl (C=O) groups is 1. The van der Waals surface area contributed by atoms with Crippen molar-refractivity contribution < 1.29 is 9.72 Å². The number of hydrogen-bond acceptors (Lipinski definition) is 5. The summed E-state index contributed by atoms with van der Waals surface area (Å²) >= 11 is 0. The number of nitrogens with zero attached hydrogens (tertiary/aromatic N) is 4. The number of carbonyl (C=O) groups excluding carboxylic acids is 1. The van der Waals surface area contributed by atoms with Crippen LogP contribution in [-0.4, -0.2) is 20.6 Å². The maximum absolute atomic E-state index is 12.0. The smallest absolute Gasteiger partial charge is 0.312 e. The molecule has 8 heteroatoms. The molecule has 0 aliphatic carbocycles. The van der Waals surface area contributed by atoms with Crippen molar-refractivity contribution in [1.82, 2.24) is 9.78 Å². The van der Waals surface area contributed by atoms with Crippen LogP contribution in [0.1, 0.15) is 17.0 Å². The van der Waals surface area contributed by atoms with Gasteiger partial charge >= 0.3 is 5.69 Å². The number of amides is 1. The Morgan fingerprint density at radius 3 is 2.57 bits per heavy atom. The van der Waals surface area contributed by atoms with Crippen LogP contribution in [0.4, 0.5) is 11.4 Å². The predicted octanol–water partition coefficient (Wildman–Crippen LogP) is 2.11. The summed E-state index contributed by atoms with van der Waals surface area (Å²) in [4.78, 5) is 22.5. The fraction of sp³-hybridized carbons (Fsp3) is 0.267. The Labute approximate surface area is 132 Å². The average molecular weight is 313 g/mol. The molecule has 0 saturated carbocycles. The molecule has 1 heterocycles. The van der Waals surface area contributed by atoms with Gasteiger partial charge in [0.1, 0.15) is 17.9 Å². The first-order chi connectivity index (χ1) is 10.9. The second-order valence-electron chi connectivity index (χ2n) is 5.01. The fourth-order valence-electron chi connectivity index (χ4n) is 2.24. The molecule has 0 bridgehead atoms. The summed E-state index contributed by atoms with van der Waals surface area (Å²) in [6.07, 6.45) is 0.309. The molecule has 2 rings (SSSR count). The van der Waals surface area contributed by atoms with Crippen molar-refractivity contribution in [2.24, 2.45) is 0 Å². The summed E-state index contributed by atoms with van der Waals surface area (Å²) in [6.45, 7) is 2.98. The Balaban J connectivity index is 2.07. The average Bonchev–Trinajstić information content (AvgIpc) is 2.75. The van der Waals surface area contributed by atoms with E-state index in [2.05, 4.69) is 10.4 Å². The van der Waals surface area contributed by atoms with Gasteiger partial charge in [-0.3, -0.25) is 19.6 Å². The van der Waals surface area contributed by atoms with Crippen LogP contribution in [0.15, 0.2) is 24.3 Å². The quantitative estimate of drug-likeness (QED) is 0.670. The Kier molecular flexibility index (Phi) is 4.71. The second kappa shape index (κ2) is 6.70. The van der Waals surface area contributed by atoms with E-state index in [-0.39, 0.29) is 23.8 Å². The third kappa shape index (κ3) is 3.71. The molecule has 0 aliphatic rings. The second-order valence-corrected chi connectivity index (χ2v) is 5.01. The van der Waals surface area contributed by atoms with Crippen molar-refractivity contribution in [1.29, 1.82) is 5.26 Å². The zero-order valence-electron chi connectivity index (χ0n) is 12.7. The van der Waals surface area contributed by atoms with Crippen molar-refractivity contribution >= 4 is 17.3 Å². The van der Waals surface area contributed by atoms with E-state index in [1.807, 2.05) is 6.07 Å². The van der Waals surface area contributed by atoms with Gasteiger partial charge in [-0.05, 0) is 31.5 Å². The maximum Gasteiger partial charge on any atom is 0.312 e. The van der Waals surface area contributed by atoms with Crippen molar-refractivity contribution in [2.75, 3.05) is 5.32 Å². The molecule has 1 amide bonds. The van der Waals surface area contributed by atoms with Crippen LogP contribution in [0, 0.1) is 35.3 Å². The van der Waals surface area contributed by atoms with Crippen LogP contribution >= 0.6 is 0 Å². The first-order valence-corrected chi connectivity index (χ1v) is 6.86. The molecule has 8 nitrogen and oxygen atoms in total. The van der Waals surface area contributed by atoms with Gasteiger partial charge in [0, 0.05) is 5.69 Å². The van der Waals surface area contributed by atoms with Gasteiger partial charge in [-0.2, -0.15) is 10.4 Å². The van der Waals surface area contributed by atoms with Crippen molar-refractivity contribution in [3.8, 4) is 6.07 Å². The Hall–Kier alpha value is -3.21. The van der Waals surface area contributed by atoms with Gasteiger partial charge in [-0.25, -0.2) is 0 Å². The molecule has 0 unspecified atom stereocenters. The summed E-state index contributed by atoms with van der Waals surface area (Å²) in [7, 11) is 0. The third-order valence-electron chi connectivity index (χ3n) is 3.34. The number of nitrogens with one attached hydrogen (secondary N) is 1. The number of nitro groups is 1. The maximum atomic E-state index is 12.0. The van der Waals surface area contributed by atoms with Gasteiger partial charge in [0.15, 0.2) is 0 Å². The molecule has 1 N–H and O–H groups in total. The lowest BCUT2D eigenvalue weighted by Gasteiger charge is -2.07. The fourth-order valence-corrected chi connectivity index (χ4v) is 2.24. The molecule has 0 spiro atoms. The SMILES string of the molecule is Cc1nn(CC(=O)Nc2ccc(CC#N)cc2)c(C)c1[N+](=O)[O-]. The Bertz CT molecular complexity index is 787. The Morgan fingerprint density at radius 1 is 1.39 bits per heavy atom. The van der Waals surface area contributed by atoms with Crippen LogP contribution in [-0.2, 0) is 17.8 Å². The molecule has 0 fully saturated rings. The first-order valence-electron chi connectivity index (χ1n) is 6.86. The summed E-state index contributed by atoms with van der Waals surface area (Å²) in [5.74, 6) is -0.335. The highest BCUT2D eigenvalue weighted by Crippen LogP contribution is 2.21. The molecule has 1 aromatic carbocycles. The number of benzene rings is 1. The van der Waals surface area contributed by atoms with E-state index in [1.54, 1.807) is 31.2 Å². The zero-order valence-corrected chi connectivity index (χ0v) is 12.7. The van der Waals surface area contributed by atoms with Gasteiger partial charge in [0.25, 0.3) is 0 Å². The Morgan fingerprint density at radius 2 is 2.04 bits per heavy atom. The van der Waals surface area contributed by atoms with Crippen LogP contribution in [0.25, 0.3) is 0 Å². The summed E-state index contributed by atoms with van der Waals surface area (Å²) in [5.41, 5.74) is 2.00. The van der Waals surface area contributed by atoms with Crippen LogP contribution in [0.5, 0.6) is 0 Å². The molecule has 0 aliphatic heterocycles. The number of aryl methyl sites for hydroxylation is 1. The van der Waals surface area contributed by atoms with Gasteiger partial charge in [0.2, 0.25) is 5.91 Å². The van der Waals surface area contributed by atoms with Crippen LogP contribution < -0.4 is 5.32 Å². The van der Waals surface area contributed by atoms with E-state index in [4.69, 9.17) is 5.26 Å². The number of rotatable bonds is 5. The lowest BCUT2D eigenvalue weighted by molar-refractivity contribution is -0.386. The summed E-state index contributed by atoms with van der Waals surface area (Å²) in [5, 5.41) is 26.3. The molecule has 23 heavy (non-hydrogen) atoms. The largest absolute Gasteiger partial charge is 0.324 e. The number of anilines is 1. The van der Waals surface area contributed by atoms with Gasteiger partial charge in [-0.1, -0.05) is 12.1 Å². The number of hydrogen-bond donors (Lipinski definition) is 1. The topological polar surface area (TPSA) is 114 Å². The number of aromatic nitrogens is 2. The first kappa shape index (κ1) is 16.2. The molecular weight excluding hydrogens is 298 g/mol. The predicted molar refractivity (Wildman–Crippen MR) is 82.7 cm³/mol. The van der Waals surface area contributed by atoms with Crippen LogP contribution in [0.2, 0.25) is 0 Å². The van der Waals surface area contributed by atoms with Crippen molar-refractivity contribution in [3.05, 3.63) is 51.3 Å². The molecule has 0 atom stereocenters. The van der Waals surface area contributed by atoms with E-state index < -0.39 is 4.92 Å². The van der Waals surface area contributed by atoms with E-state index in [9.17, 15) is 14.9 Å². The van der Waals surface area contributed by atoms with E-state index in [1.165, 1.54) is 11.6 Å². The monoisotopic (exact) mass is 313 g/mol. The van der Waals surface area contributed by atoms with E-state index >= 15 is 0 Å². The number of nitriles is 1. The van der Waals surface area contributed by atoms with Crippen molar-refractivity contribution in [2.45, 2.75) is 26.8 Å². The molecular formula is C15H15N5O3. The highest BCUT2D eigenvalue weighted by Gasteiger charge is 2.22. The molecule has 1 aromatic heterocycles. The minimum absolute atomic E-state index is 0.0707. The normalized spacial score (nSPS) is 10.1. The molecule has 0 radical (unpaired) electrons. The lowest BCUT2D eigenvalue weighted by Crippen LogP contribution is -2.20. The van der Waals surface area contributed by atoms with E-state index in [0.29, 0.717) is 17.8 Å². The molecule has 0 saturated heterocycles. The molecule has 2 aromatic rings.